The zero-order valence-corrected chi connectivity index (χ0v) is 9.98. The maximum absolute atomic E-state index is 10.9. The molecule has 0 radical (unpaired) electrons. The minimum atomic E-state index is -1.65. The predicted molar refractivity (Wildman–Crippen MR) is 55.1 cm³/mol. The van der Waals surface area contributed by atoms with Gasteiger partial charge in [0, 0.05) is 13.8 Å². The fraction of sp³-hybridized carbons (Fsp3) is 0.800. The van der Waals surface area contributed by atoms with Crippen LogP contribution in [0.1, 0.15) is 13.8 Å². The Labute approximate surface area is 103 Å². The summed E-state index contributed by atoms with van der Waals surface area (Å²) in [6.07, 6.45) is -7.06. The number of hydrogen-bond donors (Lipinski definition) is 3. The molecule has 104 valence electrons. The van der Waals surface area contributed by atoms with Crippen LogP contribution >= 0.6 is 0 Å². The normalized spacial score (nSPS) is 35.9. The largest absolute Gasteiger partial charge is 0.463 e. The van der Waals surface area contributed by atoms with E-state index in [0.717, 1.165) is 6.92 Å². The average Bonchev–Trinajstić information content (AvgIpc) is 2.27. The summed E-state index contributed by atoms with van der Waals surface area (Å²) in [5.41, 5.74) is 0. The molecule has 0 saturated carbocycles. The van der Waals surface area contributed by atoms with E-state index in [9.17, 15) is 24.9 Å². The Morgan fingerprint density at radius 1 is 1.11 bits per heavy atom. The molecule has 0 bridgehead atoms. The maximum Gasteiger partial charge on any atom is 0.303 e. The van der Waals surface area contributed by atoms with Crippen LogP contribution in [0, 0.1) is 0 Å². The molecule has 8 nitrogen and oxygen atoms in total. The molecule has 1 aliphatic heterocycles. The van der Waals surface area contributed by atoms with Crippen molar-refractivity contribution in [3.63, 3.8) is 0 Å². The fourth-order valence-corrected chi connectivity index (χ4v) is 1.59. The standard InChI is InChI=1S/C10H16O8/c1-4(11)16-3-6-9(17-5(2)12)7(13)8(14)10(15)18-6/h6-10,13-15H,3H2,1-2H3/t6?,7-,8?,9-,10+/m1/s1. The van der Waals surface area contributed by atoms with Crippen LogP contribution in [0.3, 0.4) is 0 Å². The molecule has 2 unspecified atom stereocenters. The number of ether oxygens (including phenoxy) is 3. The molecule has 3 N–H and O–H groups in total. The highest BCUT2D eigenvalue weighted by Gasteiger charge is 2.46. The Morgan fingerprint density at radius 3 is 2.22 bits per heavy atom. The first kappa shape index (κ1) is 14.8. The lowest BCUT2D eigenvalue weighted by Gasteiger charge is -2.39. The van der Waals surface area contributed by atoms with Gasteiger partial charge in [-0.2, -0.15) is 0 Å². The summed E-state index contributed by atoms with van der Waals surface area (Å²) >= 11 is 0. The summed E-state index contributed by atoms with van der Waals surface area (Å²) in [5, 5.41) is 28.4. The number of esters is 2. The first-order valence-electron chi connectivity index (χ1n) is 5.33. The van der Waals surface area contributed by atoms with E-state index in [1.165, 1.54) is 6.92 Å². The zero-order chi connectivity index (χ0) is 13.9. The molecule has 1 saturated heterocycles. The van der Waals surface area contributed by atoms with Gasteiger partial charge < -0.3 is 29.5 Å². The van der Waals surface area contributed by atoms with Crippen molar-refractivity contribution in [3.05, 3.63) is 0 Å². The molecule has 1 aliphatic rings. The van der Waals surface area contributed by atoms with Gasteiger partial charge in [-0.25, -0.2) is 0 Å². The van der Waals surface area contributed by atoms with Crippen molar-refractivity contribution in [2.75, 3.05) is 6.61 Å². The third kappa shape index (κ3) is 3.64. The van der Waals surface area contributed by atoms with Crippen molar-refractivity contribution in [3.8, 4) is 0 Å². The van der Waals surface area contributed by atoms with Crippen LogP contribution in [-0.2, 0) is 23.8 Å². The summed E-state index contributed by atoms with van der Waals surface area (Å²) in [4.78, 5) is 21.6. The number of aliphatic hydroxyl groups excluding tert-OH is 3. The van der Waals surface area contributed by atoms with Crippen molar-refractivity contribution in [1.29, 1.82) is 0 Å². The molecule has 0 spiro atoms. The molecule has 1 heterocycles. The highest BCUT2D eigenvalue weighted by molar-refractivity contribution is 5.66. The van der Waals surface area contributed by atoms with E-state index in [4.69, 9.17) is 9.47 Å². The van der Waals surface area contributed by atoms with Crippen molar-refractivity contribution in [1.82, 2.24) is 0 Å². The number of aliphatic hydroxyl groups is 3. The van der Waals surface area contributed by atoms with E-state index in [2.05, 4.69) is 4.74 Å². The van der Waals surface area contributed by atoms with Gasteiger partial charge in [0.05, 0.1) is 0 Å². The third-order valence-electron chi connectivity index (χ3n) is 2.41. The molecule has 0 aromatic carbocycles. The zero-order valence-electron chi connectivity index (χ0n) is 9.98. The van der Waals surface area contributed by atoms with E-state index in [1.807, 2.05) is 0 Å². The SMILES string of the molecule is CC(=O)OCC1O[C@H](O)C(O)[C@@H](O)[C@@H]1OC(C)=O. The lowest BCUT2D eigenvalue weighted by Crippen LogP contribution is -2.60. The van der Waals surface area contributed by atoms with Crippen LogP contribution in [-0.4, -0.2) is 64.6 Å². The number of carbonyl (C=O) groups excluding carboxylic acids is 2. The Kier molecular flexibility index (Phi) is 5.03. The number of hydrogen-bond acceptors (Lipinski definition) is 8. The van der Waals surface area contributed by atoms with Gasteiger partial charge in [0.2, 0.25) is 0 Å². The molecule has 1 rings (SSSR count). The van der Waals surface area contributed by atoms with Gasteiger partial charge in [0.25, 0.3) is 0 Å². The molecule has 0 aliphatic carbocycles. The summed E-state index contributed by atoms with van der Waals surface area (Å²) < 4.78 is 14.4. The fourth-order valence-electron chi connectivity index (χ4n) is 1.59. The molecule has 0 aromatic rings. The quantitative estimate of drug-likeness (QED) is 0.496. The monoisotopic (exact) mass is 264 g/mol. The van der Waals surface area contributed by atoms with Gasteiger partial charge in [-0.1, -0.05) is 0 Å². The van der Waals surface area contributed by atoms with Crippen molar-refractivity contribution in [2.24, 2.45) is 0 Å². The molecule has 8 heteroatoms. The van der Waals surface area contributed by atoms with Crippen LogP contribution in [0.4, 0.5) is 0 Å². The molecule has 1 fully saturated rings. The van der Waals surface area contributed by atoms with Gasteiger partial charge >= 0.3 is 11.9 Å². The number of rotatable bonds is 3. The topological polar surface area (TPSA) is 123 Å². The van der Waals surface area contributed by atoms with Crippen LogP contribution < -0.4 is 0 Å². The Hall–Kier alpha value is -1.22. The first-order valence-corrected chi connectivity index (χ1v) is 5.33. The van der Waals surface area contributed by atoms with Crippen molar-refractivity contribution >= 4 is 11.9 Å². The maximum atomic E-state index is 10.9. The summed E-state index contributed by atoms with van der Waals surface area (Å²) in [7, 11) is 0. The lowest BCUT2D eigenvalue weighted by atomic mass is 9.99. The van der Waals surface area contributed by atoms with E-state index in [0.29, 0.717) is 0 Å². The van der Waals surface area contributed by atoms with Gasteiger partial charge in [0.1, 0.15) is 24.9 Å². The van der Waals surface area contributed by atoms with E-state index >= 15 is 0 Å². The van der Waals surface area contributed by atoms with Crippen LogP contribution in [0.2, 0.25) is 0 Å². The second-order valence-electron chi connectivity index (χ2n) is 3.92. The Morgan fingerprint density at radius 2 is 1.72 bits per heavy atom. The van der Waals surface area contributed by atoms with E-state index < -0.39 is 42.6 Å². The first-order chi connectivity index (χ1) is 8.32. The van der Waals surface area contributed by atoms with Gasteiger partial charge in [0.15, 0.2) is 12.4 Å². The van der Waals surface area contributed by atoms with E-state index in [-0.39, 0.29) is 6.61 Å². The van der Waals surface area contributed by atoms with Gasteiger partial charge in [-0.05, 0) is 0 Å². The Bertz CT molecular complexity index is 317. The van der Waals surface area contributed by atoms with Crippen LogP contribution in [0.25, 0.3) is 0 Å². The molecule has 0 amide bonds. The molecule has 5 atom stereocenters. The summed E-state index contributed by atoms with van der Waals surface area (Å²) in [6.45, 7) is 1.98. The molecule has 0 aromatic heterocycles. The average molecular weight is 264 g/mol. The Balaban J connectivity index is 2.75. The highest BCUT2D eigenvalue weighted by Crippen LogP contribution is 2.23. The van der Waals surface area contributed by atoms with Crippen LogP contribution in [0.15, 0.2) is 0 Å². The predicted octanol–water partition coefficient (Wildman–Crippen LogP) is -2.08. The molecule has 18 heavy (non-hydrogen) atoms. The molecular weight excluding hydrogens is 248 g/mol. The van der Waals surface area contributed by atoms with Crippen molar-refractivity contribution < 1.29 is 39.1 Å². The smallest absolute Gasteiger partial charge is 0.303 e. The minimum absolute atomic E-state index is 0.311. The second-order valence-corrected chi connectivity index (χ2v) is 3.92. The highest BCUT2D eigenvalue weighted by atomic mass is 16.7. The minimum Gasteiger partial charge on any atom is -0.463 e. The van der Waals surface area contributed by atoms with Gasteiger partial charge in [-0.15, -0.1) is 0 Å². The summed E-state index contributed by atoms with van der Waals surface area (Å²) in [5.74, 6) is -1.28. The van der Waals surface area contributed by atoms with E-state index in [1.54, 1.807) is 0 Å². The van der Waals surface area contributed by atoms with Gasteiger partial charge in [-0.3, -0.25) is 9.59 Å². The van der Waals surface area contributed by atoms with Crippen molar-refractivity contribution in [2.45, 2.75) is 44.6 Å². The molecular formula is C10H16O8. The third-order valence-corrected chi connectivity index (χ3v) is 2.41. The van der Waals surface area contributed by atoms with Crippen LogP contribution in [0.5, 0.6) is 0 Å². The lowest BCUT2D eigenvalue weighted by molar-refractivity contribution is -0.290. The second kappa shape index (κ2) is 6.10. The summed E-state index contributed by atoms with van der Waals surface area (Å²) in [6, 6.07) is 0. The number of carbonyl (C=O) groups is 2.